The fourth-order valence-corrected chi connectivity index (χ4v) is 5.60. The monoisotopic (exact) mass is 656 g/mol. The first kappa shape index (κ1) is 33.9. The zero-order chi connectivity index (χ0) is 33.1. The molecule has 0 bridgehead atoms. The topological polar surface area (TPSA) is 89.5 Å². The summed E-state index contributed by atoms with van der Waals surface area (Å²) in [7, 11) is -3.32. The Kier molecular flexibility index (Phi) is 11.9. The van der Waals surface area contributed by atoms with E-state index in [0.29, 0.717) is 56.9 Å². The van der Waals surface area contributed by atoms with Crippen molar-refractivity contribution in [3.8, 4) is 34.1 Å². The maximum absolute atomic E-state index is 12.1. The van der Waals surface area contributed by atoms with Crippen molar-refractivity contribution < 1.29 is 36.8 Å². The van der Waals surface area contributed by atoms with Gasteiger partial charge in [0.2, 0.25) is 0 Å². The van der Waals surface area contributed by atoms with Crippen molar-refractivity contribution in [2.45, 2.75) is 31.6 Å². The Morgan fingerprint density at radius 1 is 0.681 bits per heavy atom. The van der Waals surface area contributed by atoms with Gasteiger partial charge in [-0.2, -0.15) is 0 Å². The van der Waals surface area contributed by atoms with Crippen LogP contribution in [0.4, 0.5) is 0 Å². The van der Waals surface area contributed by atoms with E-state index in [2.05, 4.69) is 0 Å². The fourth-order valence-electron chi connectivity index (χ4n) is 4.96. The van der Waals surface area contributed by atoms with Crippen LogP contribution in [0.1, 0.15) is 19.4 Å². The Morgan fingerprint density at radius 3 is 2.04 bits per heavy atom. The largest absolute Gasteiger partial charge is 0.491 e. The molecular weight excluding hydrogens is 616 g/mol. The molecule has 0 unspecified atom stereocenters. The molecule has 0 atom stereocenters. The lowest BCUT2D eigenvalue weighted by Crippen LogP contribution is -2.24. The van der Waals surface area contributed by atoms with Crippen molar-refractivity contribution in [1.82, 2.24) is 0 Å². The zero-order valence-electron chi connectivity index (χ0n) is 26.9. The van der Waals surface area contributed by atoms with Crippen LogP contribution in [-0.2, 0) is 30.7 Å². The molecule has 0 spiro atoms. The number of sulfone groups is 1. The van der Waals surface area contributed by atoms with Crippen LogP contribution in [0.25, 0.3) is 21.9 Å². The molecule has 9 heteroatoms. The third-order valence-corrected chi connectivity index (χ3v) is 8.41. The highest BCUT2D eigenvalue weighted by Gasteiger charge is 2.15. The summed E-state index contributed by atoms with van der Waals surface area (Å²) in [4.78, 5) is 0.258. The van der Waals surface area contributed by atoms with Gasteiger partial charge in [0.05, 0.1) is 18.1 Å². The van der Waals surface area contributed by atoms with Crippen LogP contribution < -0.4 is 14.2 Å². The summed E-state index contributed by atoms with van der Waals surface area (Å²) < 4.78 is 59.3. The van der Waals surface area contributed by atoms with Crippen molar-refractivity contribution >= 4 is 20.6 Å². The van der Waals surface area contributed by atoms with Gasteiger partial charge in [-0.25, -0.2) is 8.42 Å². The van der Waals surface area contributed by atoms with Crippen LogP contribution in [0, 0.1) is 0 Å². The summed E-state index contributed by atoms with van der Waals surface area (Å²) >= 11 is 0. The van der Waals surface area contributed by atoms with Gasteiger partial charge in [0, 0.05) is 30.4 Å². The molecule has 5 rings (SSSR count). The molecule has 0 amide bonds. The van der Waals surface area contributed by atoms with Gasteiger partial charge in [-0.15, -0.1) is 0 Å². The predicted octanol–water partition coefficient (Wildman–Crippen LogP) is 8.08. The summed E-state index contributed by atoms with van der Waals surface area (Å²) in [5.41, 5.74) is 2.74. The minimum Gasteiger partial charge on any atom is -0.491 e. The molecule has 47 heavy (non-hydrogen) atoms. The van der Waals surface area contributed by atoms with Crippen LogP contribution in [0.15, 0.2) is 114 Å². The van der Waals surface area contributed by atoms with Crippen molar-refractivity contribution in [2.24, 2.45) is 0 Å². The molecule has 0 fully saturated rings. The highest BCUT2D eigenvalue weighted by molar-refractivity contribution is 7.90. The van der Waals surface area contributed by atoms with E-state index >= 15 is 0 Å². The Labute approximate surface area is 276 Å². The molecule has 0 aliphatic carbocycles. The quantitative estimate of drug-likeness (QED) is 0.0733. The molecule has 0 N–H and O–H groups in total. The Hall–Kier alpha value is -4.41. The smallest absolute Gasteiger partial charge is 0.180 e. The number of fused-ring (bicyclic) bond motifs is 1. The summed E-state index contributed by atoms with van der Waals surface area (Å²) in [6, 6.07) is 34.1. The average molecular weight is 657 g/mol. The number of benzene rings is 5. The van der Waals surface area contributed by atoms with Crippen LogP contribution in [0.3, 0.4) is 0 Å². The molecule has 0 aliphatic heterocycles. The first-order valence-corrected chi connectivity index (χ1v) is 17.5. The molecule has 0 radical (unpaired) electrons. The molecule has 0 saturated heterocycles. The minimum atomic E-state index is -3.32. The average Bonchev–Trinajstić information content (AvgIpc) is 3.08. The van der Waals surface area contributed by atoms with Crippen molar-refractivity contribution in [2.75, 3.05) is 39.3 Å². The predicted molar refractivity (Wildman–Crippen MR) is 183 cm³/mol. The third kappa shape index (κ3) is 9.56. The van der Waals surface area contributed by atoms with Gasteiger partial charge < -0.3 is 28.4 Å². The molecule has 246 valence electrons. The third-order valence-electron chi connectivity index (χ3n) is 7.28. The van der Waals surface area contributed by atoms with Crippen LogP contribution in [0.5, 0.6) is 23.0 Å². The van der Waals surface area contributed by atoms with Crippen molar-refractivity contribution in [3.05, 3.63) is 115 Å². The van der Waals surface area contributed by atoms with Crippen molar-refractivity contribution in [3.63, 3.8) is 0 Å². The maximum Gasteiger partial charge on any atom is 0.180 e. The summed E-state index contributed by atoms with van der Waals surface area (Å²) in [5.74, 6) is 2.69. The van der Waals surface area contributed by atoms with Crippen LogP contribution >= 0.6 is 0 Å². The lowest BCUT2D eigenvalue weighted by Gasteiger charge is -2.17. The SMILES string of the molecule is CCOC(COCCOc1ccc(Oc2c(-c3ccc(S(C)(=O)=O)cc3)ccc3cc(OCc4ccccc4)ccc23)cc1)OCC. The molecule has 5 aromatic carbocycles. The lowest BCUT2D eigenvalue weighted by atomic mass is 9.99. The van der Waals surface area contributed by atoms with E-state index in [9.17, 15) is 8.42 Å². The van der Waals surface area contributed by atoms with Gasteiger partial charge in [-0.1, -0.05) is 48.5 Å². The standard InChI is InChI=1S/C38H40O8S/c1-4-42-37(43-5-2)27-41-23-24-44-31-14-16-32(17-15-31)46-38-35(29-11-19-34(20-12-29)47(3,39)40)21-13-30-25-33(18-22-36(30)38)45-26-28-9-7-6-8-10-28/h6-22,25,37H,4-5,23-24,26-27H2,1-3H3. The number of hydrogen-bond donors (Lipinski definition) is 0. The highest BCUT2D eigenvalue weighted by atomic mass is 32.2. The molecule has 0 aromatic heterocycles. The summed E-state index contributed by atoms with van der Waals surface area (Å²) in [6.45, 7) is 6.50. The molecule has 8 nitrogen and oxygen atoms in total. The van der Waals surface area contributed by atoms with Gasteiger partial charge in [-0.3, -0.25) is 0 Å². The Bertz CT molecular complexity index is 1820. The second-order valence-electron chi connectivity index (χ2n) is 10.7. The van der Waals surface area contributed by atoms with Crippen LogP contribution in [-0.4, -0.2) is 54.0 Å². The Morgan fingerprint density at radius 2 is 1.36 bits per heavy atom. The van der Waals surface area contributed by atoms with Crippen LogP contribution in [0.2, 0.25) is 0 Å². The normalized spacial score (nSPS) is 11.6. The van der Waals surface area contributed by atoms with E-state index in [4.69, 9.17) is 28.4 Å². The second-order valence-corrected chi connectivity index (χ2v) is 12.7. The fraction of sp³-hybridized carbons (Fsp3) is 0.263. The highest BCUT2D eigenvalue weighted by Crippen LogP contribution is 2.41. The number of hydrogen-bond acceptors (Lipinski definition) is 8. The van der Waals surface area contributed by atoms with E-state index in [0.717, 1.165) is 33.2 Å². The lowest BCUT2D eigenvalue weighted by molar-refractivity contribution is -0.168. The first-order valence-electron chi connectivity index (χ1n) is 15.6. The van der Waals surface area contributed by atoms with Gasteiger partial charge in [-0.05, 0) is 91.0 Å². The zero-order valence-corrected chi connectivity index (χ0v) is 27.7. The number of rotatable bonds is 17. The van der Waals surface area contributed by atoms with E-state index in [1.165, 1.54) is 6.26 Å². The molecular formula is C38H40O8S. The van der Waals surface area contributed by atoms with Gasteiger partial charge in [0.25, 0.3) is 0 Å². The first-order chi connectivity index (χ1) is 22.8. The van der Waals surface area contributed by atoms with Crippen molar-refractivity contribution in [1.29, 1.82) is 0 Å². The van der Waals surface area contributed by atoms with E-state index in [1.54, 1.807) is 24.3 Å². The van der Waals surface area contributed by atoms with E-state index in [1.807, 2.05) is 98.8 Å². The van der Waals surface area contributed by atoms with Gasteiger partial charge >= 0.3 is 0 Å². The maximum atomic E-state index is 12.1. The molecule has 0 aliphatic rings. The van der Waals surface area contributed by atoms with E-state index < -0.39 is 9.84 Å². The Balaban J connectivity index is 1.33. The second kappa shape index (κ2) is 16.4. The van der Waals surface area contributed by atoms with Gasteiger partial charge in [0.1, 0.15) is 36.2 Å². The van der Waals surface area contributed by atoms with Gasteiger partial charge in [0.15, 0.2) is 16.1 Å². The number of ether oxygens (including phenoxy) is 6. The summed E-state index contributed by atoms with van der Waals surface area (Å²) in [5, 5.41) is 1.83. The minimum absolute atomic E-state index is 0.258. The van der Waals surface area contributed by atoms with E-state index in [-0.39, 0.29) is 11.2 Å². The molecule has 0 heterocycles. The molecule has 0 saturated carbocycles. The summed E-state index contributed by atoms with van der Waals surface area (Å²) in [6.07, 6.45) is 0.816. The molecule has 5 aromatic rings.